The van der Waals surface area contributed by atoms with Crippen LogP contribution in [0.2, 0.25) is 0 Å². The maximum Gasteiger partial charge on any atom is 0.217 e. The van der Waals surface area contributed by atoms with Crippen molar-refractivity contribution in [1.29, 1.82) is 5.26 Å². The van der Waals surface area contributed by atoms with Crippen LogP contribution >= 0.6 is 0 Å². The topological polar surface area (TPSA) is 95.5 Å². The Morgan fingerprint density at radius 3 is 2.97 bits per heavy atom. The Kier molecular flexibility index (Phi) is 5.53. The Labute approximate surface area is 175 Å². The van der Waals surface area contributed by atoms with E-state index >= 15 is 0 Å². The molecule has 0 spiro atoms. The monoisotopic (exact) mass is 404 g/mol. The fourth-order valence-electron chi connectivity index (χ4n) is 3.97. The van der Waals surface area contributed by atoms with E-state index in [-0.39, 0.29) is 11.9 Å². The molecule has 1 aliphatic heterocycles. The second kappa shape index (κ2) is 8.41. The number of anilines is 1. The van der Waals surface area contributed by atoms with E-state index in [2.05, 4.69) is 26.4 Å². The van der Waals surface area contributed by atoms with Crippen LogP contribution in [0.25, 0.3) is 16.6 Å². The maximum absolute atomic E-state index is 11.4. The van der Waals surface area contributed by atoms with E-state index in [9.17, 15) is 10.1 Å². The summed E-state index contributed by atoms with van der Waals surface area (Å²) in [6, 6.07) is 8.26. The lowest BCUT2D eigenvalue weighted by Crippen LogP contribution is -2.47. The molecule has 154 valence electrons. The number of hydrogen-bond donors (Lipinski definition) is 1. The van der Waals surface area contributed by atoms with Gasteiger partial charge in [0.15, 0.2) is 0 Å². The van der Waals surface area contributed by atoms with Crippen LogP contribution in [0.4, 0.5) is 5.82 Å². The Balaban J connectivity index is 1.66. The fraction of sp³-hybridized carbons (Fsp3) is 0.364. The minimum Gasteiger partial charge on any atom is -0.492 e. The third-order valence-electron chi connectivity index (χ3n) is 5.23. The van der Waals surface area contributed by atoms with Gasteiger partial charge in [0.2, 0.25) is 5.91 Å². The summed E-state index contributed by atoms with van der Waals surface area (Å²) in [6.07, 6.45) is 7.14. The van der Waals surface area contributed by atoms with Crippen molar-refractivity contribution in [2.45, 2.75) is 32.7 Å². The van der Waals surface area contributed by atoms with E-state index in [1.165, 1.54) is 0 Å². The number of pyridine rings is 2. The highest BCUT2D eigenvalue weighted by atomic mass is 16.5. The number of hydrogen-bond acceptors (Lipinski definition) is 6. The summed E-state index contributed by atoms with van der Waals surface area (Å²) in [4.78, 5) is 18.3. The van der Waals surface area contributed by atoms with Gasteiger partial charge in [0.05, 0.1) is 30.1 Å². The first kappa shape index (κ1) is 19.7. The molecule has 0 radical (unpaired) electrons. The minimum atomic E-state index is -0.00235. The molecule has 1 fully saturated rings. The molecule has 0 aliphatic carbocycles. The molecule has 4 heterocycles. The number of nitrogens with zero attached hydrogens (tertiary/aromatic N) is 5. The average Bonchev–Trinajstić information content (AvgIpc) is 3.16. The summed E-state index contributed by atoms with van der Waals surface area (Å²) in [7, 11) is 0. The molecule has 8 heteroatoms. The molecule has 0 bridgehead atoms. The van der Waals surface area contributed by atoms with Crippen molar-refractivity contribution < 1.29 is 9.53 Å². The molecule has 1 amide bonds. The van der Waals surface area contributed by atoms with Crippen LogP contribution in [0.15, 0.2) is 36.8 Å². The largest absolute Gasteiger partial charge is 0.492 e. The zero-order chi connectivity index (χ0) is 21.1. The quantitative estimate of drug-likeness (QED) is 0.703. The summed E-state index contributed by atoms with van der Waals surface area (Å²) in [6.45, 7) is 5.68. The predicted molar refractivity (Wildman–Crippen MR) is 113 cm³/mol. The van der Waals surface area contributed by atoms with Crippen molar-refractivity contribution in [1.82, 2.24) is 19.9 Å². The van der Waals surface area contributed by atoms with E-state index in [0.717, 1.165) is 48.4 Å². The highest BCUT2D eigenvalue weighted by Gasteiger charge is 2.22. The summed E-state index contributed by atoms with van der Waals surface area (Å²) >= 11 is 0. The number of carbonyl (C=O) groups is 1. The average molecular weight is 404 g/mol. The Morgan fingerprint density at radius 2 is 2.27 bits per heavy atom. The Bertz CT molecular complexity index is 1100. The third kappa shape index (κ3) is 3.92. The number of carbonyl (C=O) groups excluding carboxylic acids is 1. The predicted octanol–water partition coefficient (Wildman–Crippen LogP) is 2.77. The summed E-state index contributed by atoms with van der Waals surface area (Å²) in [5.74, 6) is 1.56. The molecule has 4 rings (SSSR count). The summed E-state index contributed by atoms with van der Waals surface area (Å²) < 4.78 is 7.35. The molecule has 1 aliphatic rings. The first-order valence-electron chi connectivity index (χ1n) is 10.1. The normalized spacial score (nSPS) is 16.3. The number of amides is 1. The van der Waals surface area contributed by atoms with Crippen LogP contribution in [-0.2, 0) is 4.79 Å². The number of nitriles is 1. The Hall–Kier alpha value is -3.60. The van der Waals surface area contributed by atoms with Crippen molar-refractivity contribution in [2.24, 2.45) is 0 Å². The number of piperidine rings is 1. The lowest BCUT2D eigenvalue weighted by atomic mass is 10.0. The van der Waals surface area contributed by atoms with Crippen molar-refractivity contribution >= 4 is 17.2 Å². The van der Waals surface area contributed by atoms with Crippen LogP contribution in [0.1, 0.15) is 32.3 Å². The van der Waals surface area contributed by atoms with Crippen molar-refractivity contribution in [3.8, 4) is 22.9 Å². The van der Waals surface area contributed by atoms with Gasteiger partial charge in [-0.3, -0.25) is 4.79 Å². The van der Waals surface area contributed by atoms with Gasteiger partial charge in [-0.15, -0.1) is 0 Å². The summed E-state index contributed by atoms with van der Waals surface area (Å²) in [5, 5.41) is 16.8. The molecule has 3 aromatic rings. The first-order valence-corrected chi connectivity index (χ1v) is 10.1. The molecule has 1 atom stereocenters. The van der Waals surface area contributed by atoms with Crippen LogP contribution < -0.4 is 15.0 Å². The van der Waals surface area contributed by atoms with Crippen molar-refractivity contribution in [3.05, 3.63) is 42.4 Å². The van der Waals surface area contributed by atoms with Gasteiger partial charge in [-0.25, -0.2) is 9.50 Å². The second-order valence-electron chi connectivity index (χ2n) is 7.38. The van der Waals surface area contributed by atoms with Gasteiger partial charge in [0, 0.05) is 43.4 Å². The smallest absolute Gasteiger partial charge is 0.217 e. The molecule has 1 saturated heterocycles. The Morgan fingerprint density at radius 1 is 1.40 bits per heavy atom. The molecule has 3 aromatic heterocycles. The van der Waals surface area contributed by atoms with Gasteiger partial charge in [-0.05, 0) is 38.0 Å². The number of rotatable bonds is 5. The summed E-state index contributed by atoms with van der Waals surface area (Å²) in [5.41, 5.74) is 2.98. The van der Waals surface area contributed by atoms with Gasteiger partial charge >= 0.3 is 0 Å². The molecule has 0 saturated carbocycles. The highest BCUT2D eigenvalue weighted by molar-refractivity contribution is 5.85. The molecule has 1 N–H and O–H groups in total. The van der Waals surface area contributed by atoms with Crippen LogP contribution in [0.3, 0.4) is 0 Å². The highest BCUT2D eigenvalue weighted by Crippen LogP contribution is 2.31. The fourth-order valence-corrected chi connectivity index (χ4v) is 3.97. The van der Waals surface area contributed by atoms with Crippen LogP contribution in [-0.4, -0.2) is 46.2 Å². The molecular weight excluding hydrogens is 380 g/mol. The zero-order valence-corrected chi connectivity index (χ0v) is 17.1. The van der Waals surface area contributed by atoms with Crippen molar-refractivity contribution in [2.75, 3.05) is 24.6 Å². The maximum atomic E-state index is 11.4. The lowest BCUT2D eigenvalue weighted by molar-refractivity contribution is -0.119. The van der Waals surface area contributed by atoms with E-state index in [0.29, 0.717) is 17.9 Å². The van der Waals surface area contributed by atoms with E-state index < -0.39 is 0 Å². The molecular formula is C22H24N6O2. The number of ether oxygens (including phenoxy) is 1. The van der Waals surface area contributed by atoms with Crippen LogP contribution in [0, 0.1) is 11.3 Å². The lowest BCUT2D eigenvalue weighted by Gasteiger charge is -2.33. The molecule has 1 unspecified atom stereocenters. The standard InChI is InChI=1S/C22H24N6O2/c1-3-30-19-9-20(22-17(10-23)12-25-28(22)14-19)16-6-7-21(24-11-16)27-8-4-5-18(13-27)26-15(2)29/h6-7,9,11-12,14,18H,3-5,8,13H2,1-2H3,(H,26,29). The van der Waals surface area contributed by atoms with Gasteiger partial charge < -0.3 is 15.0 Å². The molecule has 0 aromatic carbocycles. The van der Waals surface area contributed by atoms with E-state index in [1.807, 2.05) is 31.3 Å². The van der Waals surface area contributed by atoms with Crippen LogP contribution in [0.5, 0.6) is 5.75 Å². The minimum absolute atomic E-state index is 0.00235. The van der Waals surface area contributed by atoms with Crippen molar-refractivity contribution in [3.63, 3.8) is 0 Å². The SMILES string of the molecule is CCOc1cc(-c2ccc(N3CCCC(NC(C)=O)C3)nc2)c2c(C#N)cnn2c1. The number of fused-ring (bicyclic) bond motifs is 1. The molecule has 8 nitrogen and oxygen atoms in total. The second-order valence-corrected chi connectivity index (χ2v) is 7.38. The molecule has 30 heavy (non-hydrogen) atoms. The van der Waals surface area contributed by atoms with Gasteiger partial charge in [-0.2, -0.15) is 10.4 Å². The third-order valence-corrected chi connectivity index (χ3v) is 5.23. The number of nitrogens with one attached hydrogen (secondary N) is 1. The van der Waals surface area contributed by atoms with Gasteiger partial charge in [0.25, 0.3) is 0 Å². The van der Waals surface area contributed by atoms with E-state index in [1.54, 1.807) is 23.8 Å². The first-order chi connectivity index (χ1) is 14.6. The zero-order valence-electron chi connectivity index (χ0n) is 17.1. The van der Waals surface area contributed by atoms with E-state index in [4.69, 9.17) is 4.74 Å². The van der Waals surface area contributed by atoms with Gasteiger partial charge in [-0.1, -0.05) is 0 Å². The number of aromatic nitrogens is 3. The van der Waals surface area contributed by atoms with Gasteiger partial charge in [0.1, 0.15) is 17.6 Å².